The molecule has 1 aliphatic heterocycles. The summed E-state index contributed by atoms with van der Waals surface area (Å²) in [5.41, 5.74) is -0.0674. The zero-order valence-electron chi connectivity index (χ0n) is 10.2. The van der Waals surface area contributed by atoms with Crippen LogP contribution in [0.1, 0.15) is 12.0 Å². The van der Waals surface area contributed by atoms with Gasteiger partial charge in [-0.25, -0.2) is 12.8 Å². The van der Waals surface area contributed by atoms with Crippen molar-refractivity contribution in [2.45, 2.75) is 6.42 Å². The van der Waals surface area contributed by atoms with Gasteiger partial charge in [0, 0.05) is 29.6 Å². The summed E-state index contributed by atoms with van der Waals surface area (Å²) < 4.78 is 35.9. The second-order valence-electron chi connectivity index (χ2n) is 4.53. The fraction of sp³-hybridized carbons (Fsp3) is 0.333. The number of para-hydroxylation sites is 1. The molecule has 0 bridgehead atoms. The molecular formula is C12H10ClFN2O3S. The topological polar surface area (TPSA) is 78.2 Å². The van der Waals surface area contributed by atoms with Crippen molar-refractivity contribution < 1.29 is 17.6 Å². The van der Waals surface area contributed by atoms with E-state index in [0.29, 0.717) is 0 Å². The zero-order chi connectivity index (χ0) is 14.9. The SMILES string of the molecule is N#Cc1cccc(F)c1N1CC(CS(=O)(=O)Cl)CC1=O. The molecule has 1 amide bonds. The van der Waals surface area contributed by atoms with E-state index < -0.39 is 26.7 Å². The highest BCUT2D eigenvalue weighted by atomic mass is 35.7. The van der Waals surface area contributed by atoms with Gasteiger partial charge in [0.15, 0.2) is 0 Å². The van der Waals surface area contributed by atoms with Gasteiger partial charge in [0.05, 0.1) is 17.0 Å². The lowest BCUT2D eigenvalue weighted by molar-refractivity contribution is -0.117. The number of hydrogen-bond donors (Lipinski definition) is 0. The van der Waals surface area contributed by atoms with Gasteiger partial charge in [-0.3, -0.25) is 4.79 Å². The second-order valence-corrected chi connectivity index (χ2v) is 7.35. The van der Waals surface area contributed by atoms with Crippen molar-refractivity contribution in [1.29, 1.82) is 5.26 Å². The summed E-state index contributed by atoms with van der Waals surface area (Å²) in [6.07, 6.45) is -0.0366. The largest absolute Gasteiger partial charge is 0.308 e. The molecule has 106 valence electrons. The maximum atomic E-state index is 13.8. The predicted octanol–water partition coefficient (Wildman–Crippen LogP) is 1.62. The van der Waals surface area contributed by atoms with E-state index in [9.17, 15) is 17.6 Å². The maximum absolute atomic E-state index is 13.8. The Bertz CT molecular complexity index is 699. The third-order valence-corrected chi connectivity index (χ3v) is 4.26. The van der Waals surface area contributed by atoms with Gasteiger partial charge in [-0.2, -0.15) is 5.26 Å². The molecule has 1 saturated heterocycles. The maximum Gasteiger partial charge on any atom is 0.232 e. The van der Waals surface area contributed by atoms with Gasteiger partial charge in [0.25, 0.3) is 0 Å². The van der Waals surface area contributed by atoms with E-state index in [-0.39, 0.29) is 30.0 Å². The van der Waals surface area contributed by atoms with Crippen LogP contribution in [0, 0.1) is 23.1 Å². The monoisotopic (exact) mass is 316 g/mol. The number of benzene rings is 1. The second kappa shape index (κ2) is 5.38. The summed E-state index contributed by atoms with van der Waals surface area (Å²) in [5, 5.41) is 8.97. The van der Waals surface area contributed by atoms with Crippen molar-refractivity contribution in [2.24, 2.45) is 5.92 Å². The van der Waals surface area contributed by atoms with E-state index in [4.69, 9.17) is 15.9 Å². The van der Waals surface area contributed by atoms with Crippen LogP contribution >= 0.6 is 10.7 Å². The molecule has 2 rings (SSSR count). The number of anilines is 1. The average molecular weight is 317 g/mol. The van der Waals surface area contributed by atoms with Crippen LogP contribution in [0.4, 0.5) is 10.1 Å². The molecule has 0 aliphatic carbocycles. The van der Waals surface area contributed by atoms with Crippen molar-refractivity contribution in [1.82, 2.24) is 0 Å². The highest BCUT2D eigenvalue weighted by molar-refractivity contribution is 8.13. The molecule has 1 fully saturated rings. The van der Waals surface area contributed by atoms with Crippen molar-refractivity contribution in [3.05, 3.63) is 29.6 Å². The van der Waals surface area contributed by atoms with Crippen LogP contribution in [0.2, 0.25) is 0 Å². The fourth-order valence-corrected chi connectivity index (χ4v) is 3.59. The quantitative estimate of drug-likeness (QED) is 0.794. The van der Waals surface area contributed by atoms with E-state index in [1.54, 1.807) is 0 Å². The summed E-state index contributed by atoms with van der Waals surface area (Å²) >= 11 is 0. The van der Waals surface area contributed by atoms with Gasteiger partial charge >= 0.3 is 0 Å². The molecule has 20 heavy (non-hydrogen) atoms. The summed E-state index contributed by atoms with van der Waals surface area (Å²) in [4.78, 5) is 13.0. The van der Waals surface area contributed by atoms with E-state index in [0.717, 1.165) is 11.0 Å². The van der Waals surface area contributed by atoms with Gasteiger partial charge in [-0.1, -0.05) is 6.07 Å². The van der Waals surface area contributed by atoms with Crippen LogP contribution in [0.3, 0.4) is 0 Å². The van der Waals surface area contributed by atoms with Gasteiger partial charge in [0.2, 0.25) is 15.0 Å². The number of hydrogen-bond acceptors (Lipinski definition) is 4. The molecule has 1 aromatic carbocycles. The number of carbonyl (C=O) groups excluding carboxylic acids is 1. The van der Waals surface area contributed by atoms with Crippen molar-refractivity contribution in [3.8, 4) is 6.07 Å². The Kier molecular flexibility index (Phi) is 3.97. The molecule has 1 aromatic rings. The molecule has 8 heteroatoms. The molecule has 0 radical (unpaired) electrons. The Balaban J connectivity index is 2.32. The lowest BCUT2D eigenvalue weighted by Gasteiger charge is -2.18. The van der Waals surface area contributed by atoms with Crippen LogP contribution in [-0.4, -0.2) is 26.6 Å². The summed E-state index contributed by atoms with van der Waals surface area (Å²) in [6, 6.07) is 5.74. The summed E-state index contributed by atoms with van der Waals surface area (Å²) in [6.45, 7) is 0.0282. The Labute approximate surface area is 120 Å². The first-order valence-electron chi connectivity index (χ1n) is 5.73. The Morgan fingerprint density at radius 3 is 2.80 bits per heavy atom. The molecule has 1 unspecified atom stereocenters. The number of halogens is 2. The van der Waals surface area contributed by atoms with E-state index in [2.05, 4.69) is 0 Å². The highest BCUT2D eigenvalue weighted by Gasteiger charge is 2.35. The molecular weight excluding hydrogens is 307 g/mol. The van der Waals surface area contributed by atoms with Gasteiger partial charge in [0.1, 0.15) is 11.9 Å². The summed E-state index contributed by atoms with van der Waals surface area (Å²) in [5.74, 6) is -1.97. The van der Waals surface area contributed by atoms with E-state index in [1.165, 1.54) is 12.1 Å². The number of amides is 1. The minimum absolute atomic E-state index is 0.0282. The van der Waals surface area contributed by atoms with Gasteiger partial charge in [-0.15, -0.1) is 0 Å². The molecule has 1 aliphatic rings. The highest BCUT2D eigenvalue weighted by Crippen LogP contribution is 2.31. The first-order valence-corrected chi connectivity index (χ1v) is 8.21. The Hall–Kier alpha value is -1.65. The first-order chi connectivity index (χ1) is 9.31. The number of nitriles is 1. The minimum atomic E-state index is -3.73. The standard InChI is InChI=1S/C12H10ClFN2O3S/c13-20(18,19)7-8-4-11(17)16(6-8)12-9(5-15)2-1-3-10(12)14/h1-3,8H,4,6-7H2. The van der Waals surface area contributed by atoms with Crippen molar-refractivity contribution in [2.75, 3.05) is 17.2 Å². The average Bonchev–Trinajstić information content (AvgIpc) is 2.67. The van der Waals surface area contributed by atoms with Gasteiger partial charge in [-0.05, 0) is 12.1 Å². The van der Waals surface area contributed by atoms with E-state index >= 15 is 0 Å². The normalized spacial score (nSPS) is 19.1. The number of rotatable bonds is 3. The Morgan fingerprint density at radius 2 is 2.20 bits per heavy atom. The smallest absolute Gasteiger partial charge is 0.232 e. The van der Waals surface area contributed by atoms with Crippen LogP contribution in [0.5, 0.6) is 0 Å². The third-order valence-electron chi connectivity index (χ3n) is 3.02. The molecule has 1 atom stereocenters. The van der Waals surface area contributed by atoms with Gasteiger partial charge < -0.3 is 4.90 Å². The zero-order valence-corrected chi connectivity index (χ0v) is 11.8. The summed E-state index contributed by atoms with van der Waals surface area (Å²) in [7, 11) is 1.43. The molecule has 1 heterocycles. The lowest BCUT2D eigenvalue weighted by atomic mass is 10.1. The fourth-order valence-electron chi connectivity index (χ4n) is 2.27. The van der Waals surface area contributed by atoms with Crippen LogP contribution < -0.4 is 4.90 Å². The molecule has 0 saturated carbocycles. The molecule has 0 N–H and O–H groups in total. The van der Waals surface area contributed by atoms with E-state index in [1.807, 2.05) is 6.07 Å². The van der Waals surface area contributed by atoms with Crippen LogP contribution in [-0.2, 0) is 13.8 Å². The van der Waals surface area contributed by atoms with Crippen LogP contribution in [0.15, 0.2) is 18.2 Å². The van der Waals surface area contributed by atoms with Crippen molar-refractivity contribution >= 4 is 31.3 Å². The third kappa shape index (κ3) is 3.08. The molecule has 0 aromatic heterocycles. The van der Waals surface area contributed by atoms with Crippen molar-refractivity contribution in [3.63, 3.8) is 0 Å². The predicted molar refractivity (Wildman–Crippen MR) is 71.2 cm³/mol. The number of carbonyl (C=O) groups is 1. The van der Waals surface area contributed by atoms with Crippen LogP contribution in [0.25, 0.3) is 0 Å². The Morgan fingerprint density at radius 1 is 1.50 bits per heavy atom. The first kappa shape index (κ1) is 14.8. The lowest BCUT2D eigenvalue weighted by Crippen LogP contribution is -2.27. The number of nitrogens with zero attached hydrogens (tertiary/aromatic N) is 2. The molecule has 5 nitrogen and oxygen atoms in total. The minimum Gasteiger partial charge on any atom is -0.308 e. The molecule has 0 spiro atoms.